The van der Waals surface area contributed by atoms with Gasteiger partial charge in [-0.2, -0.15) is 0 Å². The highest BCUT2D eigenvalue weighted by molar-refractivity contribution is 5.73. The predicted octanol–water partition coefficient (Wildman–Crippen LogP) is 0.692. The van der Waals surface area contributed by atoms with Crippen molar-refractivity contribution in [2.45, 2.75) is 31.7 Å². The van der Waals surface area contributed by atoms with Crippen LogP contribution in [0.1, 0.15) is 26.2 Å². The summed E-state index contributed by atoms with van der Waals surface area (Å²) in [4.78, 5) is 11.3. The van der Waals surface area contributed by atoms with E-state index in [4.69, 9.17) is 4.74 Å². The molecule has 1 aliphatic carbocycles. The number of esters is 1. The van der Waals surface area contributed by atoms with Crippen molar-refractivity contribution in [1.82, 2.24) is 5.32 Å². The summed E-state index contributed by atoms with van der Waals surface area (Å²) in [6.45, 7) is 3.17. The van der Waals surface area contributed by atoms with Gasteiger partial charge in [0.1, 0.15) is 0 Å². The van der Waals surface area contributed by atoms with Crippen LogP contribution in [0.15, 0.2) is 0 Å². The van der Waals surface area contributed by atoms with Crippen molar-refractivity contribution in [3.63, 3.8) is 0 Å². The third kappa shape index (κ3) is 1.33. The highest BCUT2D eigenvalue weighted by atomic mass is 16.5. The van der Waals surface area contributed by atoms with Gasteiger partial charge in [-0.3, -0.25) is 4.79 Å². The SMILES string of the molecule is CCOC(=O)C1CNC2(CC2)C1. The summed E-state index contributed by atoms with van der Waals surface area (Å²) in [7, 11) is 0. The third-order valence-electron chi connectivity index (χ3n) is 2.83. The minimum atomic E-state index is -0.0197. The van der Waals surface area contributed by atoms with E-state index < -0.39 is 0 Å². The van der Waals surface area contributed by atoms with Crippen molar-refractivity contribution in [2.24, 2.45) is 5.92 Å². The summed E-state index contributed by atoms with van der Waals surface area (Å²) in [5.74, 6) is 0.0984. The summed E-state index contributed by atoms with van der Waals surface area (Å²) in [5.41, 5.74) is 0.345. The number of rotatable bonds is 2. The average molecular weight is 169 g/mol. The fourth-order valence-electron chi connectivity index (χ4n) is 1.91. The Morgan fingerprint density at radius 1 is 1.67 bits per heavy atom. The van der Waals surface area contributed by atoms with E-state index in [1.165, 1.54) is 12.8 Å². The van der Waals surface area contributed by atoms with Gasteiger partial charge in [-0.05, 0) is 26.2 Å². The summed E-state index contributed by atoms with van der Waals surface area (Å²) in [5, 5.41) is 3.40. The van der Waals surface area contributed by atoms with Gasteiger partial charge in [0.05, 0.1) is 12.5 Å². The molecule has 1 atom stereocenters. The first kappa shape index (κ1) is 8.05. The molecule has 0 amide bonds. The van der Waals surface area contributed by atoms with E-state index in [1.54, 1.807) is 0 Å². The van der Waals surface area contributed by atoms with E-state index in [9.17, 15) is 4.79 Å². The second kappa shape index (κ2) is 2.73. The zero-order chi connectivity index (χ0) is 8.60. The normalized spacial score (nSPS) is 30.6. The number of hydrogen-bond donors (Lipinski definition) is 1. The molecule has 1 heterocycles. The topological polar surface area (TPSA) is 38.3 Å². The molecule has 1 saturated carbocycles. The molecule has 1 N–H and O–H groups in total. The van der Waals surface area contributed by atoms with Crippen LogP contribution in [0.2, 0.25) is 0 Å². The molecule has 1 saturated heterocycles. The van der Waals surface area contributed by atoms with Crippen molar-refractivity contribution < 1.29 is 9.53 Å². The molecule has 2 aliphatic rings. The van der Waals surface area contributed by atoms with Crippen LogP contribution in [0.3, 0.4) is 0 Å². The summed E-state index contributed by atoms with van der Waals surface area (Å²) < 4.78 is 4.97. The quantitative estimate of drug-likeness (QED) is 0.618. The zero-order valence-corrected chi connectivity index (χ0v) is 7.43. The second-order valence-corrected chi connectivity index (χ2v) is 3.81. The van der Waals surface area contributed by atoms with Crippen LogP contribution in [-0.4, -0.2) is 24.7 Å². The lowest BCUT2D eigenvalue weighted by atomic mass is 10.1. The second-order valence-electron chi connectivity index (χ2n) is 3.81. The summed E-state index contributed by atoms with van der Waals surface area (Å²) in [6.07, 6.45) is 3.47. The Bertz CT molecular complexity index is 199. The van der Waals surface area contributed by atoms with Gasteiger partial charge in [0, 0.05) is 12.1 Å². The highest BCUT2D eigenvalue weighted by Gasteiger charge is 2.50. The van der Waals surface area contributed by atoms with Gasteiger partial charge in [0.2, 0.25) is 0 Å². The number of carbonyl (C=O) groups is 1. The first-order chi connectivity index (χ1) is 5.76. The van der Waals surface area contributed by atoms with Crippen molar-refractivity contribution in [3.05, 3.63) is 0 Å². The largest absolute Gasteiger partial charge is 0.466 e. The lowest BCUT2D eigenvalue weighted by Gasteiger charge is -2.07. The van der Waals surface area contributed by atoms with Gasteiger partial charge in [0.25, 0.3) is 0 Å². The molecule has 0 bridgehead atoms. The minimum Gasteiger partial charge on any atom is -0.466 e. The first-order valence-electron chi connectivity index (χ1n) is 4.67. The number of nitrogens with one attached hydrogen (secondary N) is 1. The smallest absolute Gasteiger partial charge is 0.310 e. The van der Waals surface area contributed by atoms with Crippen LogP contribution in [-0.2, 0) is 9.53 Å². The minimum absolute atomic E-state index is 0.0197. The van der Waals surface area contributed by atoms with Crippen molar-refractivity contribution >= 4 is 5.97 Å². The molecule has 0 aromatic rings. The van der Waals surface area contributed by atoms with Crippen LogP contribution in [0.5, 0.6) is 0 Å². The van der Waals surface area contributed by atoms with Gasteiger partial charge in [-0.15, -0.1) is 0 Å². The van der Waals surface area contributed by atoms with Gasteiger partial charge in [-0.25, -0.2) is 0 Å². The monoisotopic (exact) mass is 169 g/mol. The summed E-state index contributed by atoms with van der Waals surface area (Å²) in [6, 6.07) is 0. The molecular weight excluding hydrogens is 154 g/mol. The molecule has 1 spiro atoms. The third-order valence-corrected chi connectivity index (χ3v) is 2.83. The van der Waals surface area contributed by atoms with E-state index in [0.717, 1.165) is 13.0 Å². The van der Waals surface area contributed by atoms with E-state index in [-0.39, 0.29) is 11.9 Å². The zero-order valence-electron chi connectivity index (χ0n) is 7.43. The first-order valence-corrected chi connectivity index (χ1v) is 4.67. The Kier molecular flexibility index (Phi) is 1.83. The maximum absolute atomic E-state index is 11.3. The Labute approximate surface area is 72.5 Å². The van der Waals surface area contributed by atoms with E-state index in [2.05, 4.69) is 5.32 Å². The van der Waals surface area contributed by atoms with Crippen LogP contribution in [0.25, 0.3) is 0 Å². The van der Waals surface area contributed by atoms with E-state index in [1.807, 2.05) is 6.92 Å². The number of ether oxygens (including phenoxy) is 1. The molecule has 0 radical (unpaired) electrons. The van der Waals surface area contributed by atoms with Crippen molar-refractivity contribution in [3.8, 4) is 0 Å². The molecule has 0 aromatic heterocycles. The van der Waals surface area contributed by atoms with E-state index >= 15 is 0 Å². The molecule has 3 nitrogen and oxygen atoms in total. The van der Waals surface area contributed by atoms with Gasteiger partial charge in [0.15, 0.2) is 0 Å². The van der Waals surface area contributed by atoms with Crippen LogP contribution in [0, 0.1) is 5.92 Å². The van der Waals surface area contributed by atoms with Crippen molar-refractivity contribution in [1.29, 1.82) is 0 Å². The van der Waals surface area contributed by atoms with Gasteiger partial charge in [-0.1, -0.05) is 0 Å². The van der Waals surface area contributed by atoms with Crippen LogP contribution < -0.4 is 5.32 Å². The molecule has 1 unspecified atom stereocenters. The Morgan fingerprint density at radius 3 is 2.92 bits per heavy atom. The maximum atomic E-state index is 11.3. The maximum Gasteiger partial charge on any atom is 0.310 e. The lowest BCUT2D eigenvalue weighted by Crippen LogP contribution is -2.23. The number of carbonyl (C=O) groups excluding carboxylic acids is 1. The molecule has 2 fully saturated rings. The van der Waals surface area contributed by atoms with Crippen LogP contribution in [0.4, 0.5) is 0 Å². The van der Waals surface area contributed by atoms with Gasteiger partial charge < -0.3 is 10.1 Å². The molecule has 12 heavy (non-hydrogen) atoms. The Morgan fingerprint density at radius 2 is 2.42 bits per heavy atom. The fourth-order valence-corrected chi connectivity index (χ4v) is 1.91. The Hall–Kier alpha value is -0.570. The molecule has 2 rings (SSSR count). The van der Waals surface area contributed by atoms with E-state index in [0.29, 0.717) is 12.1 Å². The summed E-state index contributed by atoms with van der Waals surface area (Å²) >= 11 is 0. The average Bonchev–Trinajstić information content (AvgIpc) is 2.62. The predicted molar refractivity (Wildman–Crippen MR) is 44.7 cm³/mol. The molecule has 3 heteroatoms. The molecular formula is C9H15NO2. The van der Waals surface area contributed by atoms with Crippen molar-refractivity contribution in [2.75, 3.05) is 13.2 Å². The fraction of sp³-hybridized carbons (Fsp3) is 0.889. The lowest BCUT2D eigenvalue weighted by molar-refractivity contribution is -0.147. The Balaban J connectivity index is 1.86. The highest BCUT2D eigenvalue weighted by Crippen LogP contribution is 2.44. The van der Waals surface area contributed by atoms with Crippen LogP contribution >= 0.6 is 0 Å². The molecule has 1 aliphatic heterocycles. The molecule has 68 valence electrons. The molecule has 0 aromatic carbocycles. The number of hydrogen-bond acceptors (Lipinski definition) is 3. The standard InChI is InChI=1S/C9H15NO2/c1-2-12-8(11)7-5-9(3-4-9)10-6-7/h7,10H,2-6H2,1H3. The van der Waals surface area contributed by atoms with Gasteiger partial charge >= 0.3 is 5.97 Å².